The number of nitrogens with zero attached hydrogens (tertiary/aromatic N) is 3. The molecule has 3 N–H and O–H groups in total. The molecule has 10 nitrogen and oxygen atoms in total. The Balaban J connectivity index is 0.00000461. The Kier molecular flexibility index (Phi) is 9.56. The van der Waals surface area contributed by atoms with Crippen LogP contribution in [-0.2, 0) is 26.7 Å². The molecule has 5 aliphatic rings. The van der Waals surface area contributed by atoms with E-state index in [0.29, 0.717) is 46.2 Å². The van der Waals surface area contributed by atoms with Crippen LogP contribution in [0.3, 0.4) is 0 Å². The normalized spacial score (nSPS) is 22.4. The molecule has 0 aliphatic carbocycles. The van der Waals surface area contributed by atoms with Crippen LogP contribution in [0.1, 0.15) is 60.3 Å². The van der Waals surface area contributed by atoms with Gasteiger partial charge in [0.2, 0.25) is 0 Å². The fraction of sp³-hybridized carbons (Fsp3) is 0.324. The van der Waals surface area contributed by atoms with Crippen LogP contribution >= 0.6 is 0 Å². The molecule has 1 saturated heterocycles. The molecule has 0 aromatic heterocycles. The Morgan fingerprint density at radius 1 is 0.956 bits per heavy atom. The number of allylic oxidation sites excluding steroid dienone is 11. The molecule has 8 bridgehead atoms. The molecule has 0 aromatic carbocycles. The first-order chi connectivity index (χ1) is 20.9. The van der Waals surface area contributed by atoms with Crippen LogP contribution in [0, 0.1) is 11.8 Å². The molecular formula is C34H34CuN4O6. The largest absolute Gasteiger partial charge is 2.00 e. The van der Waals surface area contributed by atoms with Crippen molar-refractivity contribution in [3.8, 4) is 0 Å². The van der Waals surface area contributed by atoms with E-state index < -0.39 is 30.2 Å². The molecule has 5 aliphatic heterocycles. The molecule has 45 heavy (non-hydrogen) atoms. The Morgan fingerprint density at radius 3 is 2.22 bits per heavy atom. The van der Waals surface area contributed by atoms with Gasteiger partial charge in [-0.1, -0.05) is 26.5 Å². The van der Waals surface area contributed by atoms with Crippen LogP contribution < -0.4 is 15.5 Å². The molecule has 11 heteroatoms. The second-order valence-corrected chi connectivity index (χ2v) is 11.4. The summed E-state index contributed by atoms with van der Waals surface area (Å²) in [4.78, 5) is 38.4. The van der Waals surface area contributed by atoms with Gasteiger partial charge in [0.05, 0.1) is 40.6 Å². The number of carboxylic acid groups (broad SMARTS) is 2. The topological polar surface area (TPSA) is 170 Å². The van der Waals surface area contributed by atoms with Crippen molar-refractivity contribution in [1.82, 2.24) is 5.32 Å². The van der Waals surface area contributed by atoms with Crippen molar-refractivity contribution in [1.29, 1.82) is 0 Å². The predicted molar refractivity (Wildman–Crippen MR) is 164 cm³/mol. The summed E-state index contributed by atoms with van der Waals surface area (Å²) in [6, 6.07) is 0. The minimum absolute atomic E-state index is 0. The number of aliphatic imine (C=N–C) groups is 3. The second kappa shape index (κ2) is 12.9. The molecule has 5 rings (SSSR count). The van der Waals surface area contributed by atoms with Gasteiger partial charge in [0.1, 0.15) is 0 Å². The Morgan fingerprint density at radius 2 is 1.62 bits per heavy atom. The Labute approximate surface area is 272 Å². The zero-order chi connectivity index (χ0) is 32.0. The van der Waals surface area contributed by atoms with Crippen LogP contribution in [0.5, 0.6) is 0 Å². The third-order valence-electron chi connectivity index (χ3n) is 8.87. The van der Waals surface area contributed by atoms with Crippen molar-refractivity contribution < 1.29 is 47.1 Å². The summed E-state index contributed by atoms with van der Waals surface area (Å²) in [5.41, 5.74) is 8.20. The van der Waals surface area contributed by atoms with Crippen molar-refractivity contribution in [3.63, 3.8) is 0 Å². The molecule has 1 radical (unpaired) electrons. The fourth-order valence-corrected chi connectivity index (χ4v) is 6.45. The van der Waals surface area contributed by atoms with Gasteiger partial charge in [0.15, 0.2) is 0 Å². The molecule has 2 atom stereocenters. The molecule has 0 unspecified atom stereocenters. The van der Waals surface area contributed by atoms with E-state index in [0.717, 1.165) is 28.0 Å². The van der Waals surface area contributed by atoms with Gasteiger partial charge in [0.25, 0.3) is 0 Å². The maximum atomic E-state index is 12.6. The number of hydrogen-bond donors (Lipinski definition) is 3. The van der Waals surface area contributed by atoms with Crippen LogP contribution in [0.2, 0.25) is 0 Å². The smallest absolute Gasteiger partial charge is 0.883 e. The fourth-order valence-electron chi connectivity index (χ4n) is 6.45. The van der Waals surface area contributed by atoms with Gasteiger partial charge in [-0.2, -0.15) is 5.95 Å². The predicted octanol–water partition coefficient (Wildman–Crippen LogP) is 3.90. The van der Waals surface area contributed by atoms with E-state index in [1.165, 1.54) is 0 Å². The summed E-state index contributed by atoms with van der Waals surface area (Å²) in [6.07, 6.45) is 7.45. The van der Waals surface area contributed by atoms with Gasteiger partial charge in [-0.3, -0.25) is 9.59 Å². The van der Waals surface area contributed by atoms with E-state index in [9.17, 15) is 30.0 Å². The number of fused-ring (bicyclic) bond motifs is 5. The maximum Gasteiger partial charge on any atom is 2.00 e. The summed E-state index contributed by atoms with van der Waals surface area (Å²) in [5, 5.41) is 48.0. The first-order valence-corrected chi connectivity index (χ1v) is 14.6. The molecule has 5 heterocycles. The summed E-state index contributed by atoms with van der Waals surface area (Å²) < 4.78 is 0. The van der Waals surface area contributed by atoms with E-state index in [1.807, 2.05) is 39.8 Å². The summed E-state index contributed by atoms with van der Waals surface area (Å²) >= 11 is 0. The maximum absolute atomic E-state index is 12.6. The molecule has 0 saturated carbocycles. The number of nitrogens with one attached hydrogen (secondary N) is 1. The minimum atomic E-state index is -1.48. The van der Waals surface area contributed by atoms with E-state index in [-0.39, 0.29) is 52.7 Å². The Bertz CT molecular complexity index is 1770. The first-order valence-electron chi connectivity index (χ1n) is 14.6. The standard InChI is InChI=1S/C34H36N4O6.Cu/c1-7-19-15(3)23-12-25-17(5)21(9-10-29(39)40)32(37-25)22(11-30(41)42)33-31(34(43)44)18(6)26(38-33)14-28-20(8-2)16(4)24(36-28)13-27(19)35-23;/h7,12-14,17,21,37,43-44H,1,8-11H2,2-6H3,(H,39,40)(H,41,42);/q;+2/p-2/t17-,21-;/m0./s1. The number of aliphatic carboxylic acids is 2. The second-order valence-electron chi connectivity index (χ2n) is 11.4. The zero-order valence-electron chi connectivity index (χ0n) is 25.7. The number of carbonyl (C=O) groups is 2. The third-order valence-corrected chi connectivity index (χ3v) is 8.87. The van der Waals surface area contributed by atoms with Gasteiger partial charge in [-0.05, 0) is 79.7 Å². The Hall–Kier alpha value is -4.47. The minimum Gasteiger partial charge on any atom is -0.883 e. The average Bonchev–Trinajstić information content (AvgIpc) is 3.63. The molecule has 1 fully saturated rings. The van der Waals surface area contributed by atoms with E-state index in [2.05, 4.69) is 11.9 Å². The van der Waals surface area contributed by atoms with Crippen molar-refractivity contribution in [2.24, 2.45) is 26.8 Å². The van der Waals surface area contributed by atoms with Crippen molar-refractivity contribution >= 4 is 29.1 Å². The summed E-state index contributed by atoms with van der Waals surface area (Å²) in [6.45, 7) is 13.5. The molecular weight excluding hydrogens is 624 g/mol. The van der Waals surface area contributed by atoms with Crippen molar-refractivity contribution in [3.05, 3.63) is 104 Å². The first kappa shape index (κ1) is 33.4. The van der Waals surface area contributed by atoms with Crippen molar-refractivity contribution in [2.75, 3.05) is 0 Å². The van der Waals surface area contributed by atoms with Crippen LogP contribution in [0.25, 0.3) is 0 Å². The van der Waals surface area contributed by atoms with E-state index >= 15 is 0 Å². The van der Waals surface area contributed by atoms with Crippen molar-refractivity contribution in [2.45, 2.75) is 60.3 Å². The van der Waals surface area contributed by atoms with Gasteiger partial charge >= 0.3 is 29.0 Å². The van der Waals surface area contributed by atoms with Crippen LogP contribution in [0.15, 0.2) is 119 Å². The average molecular weight is 658 g/mol. The van der Waals surface area contributed by atoms with Gasteiger partial charge < -0.3 is 25.7 Å². The summed E-state index contributed by atoms with van der Waals surface area (Å²) in [7, 11) is 0. The quantitative estimate of drug-likeness (QED) is 0.275. The van der Waals surface area contributed by atoms with E-state index in [4.69, 9.17) is 15.0 Å². The van der Waals surface area contributed by atoms with Crippen LogP contribution in [0.4, 0.5) is 0 Å². The number of carboxylic acids is 2. The van der Waals surface area contributed by atoms with E-state index in [1.54, 1.807) is 19.1 Å². The zero-order valence-corrected chi connectivity index (χ0v) is 26.6. The van der Waals surface area contributed by atoms with Crippen LogP contribution in [-0.4, -0.2) is 39.3 Å². The summed E-state index contributed by atoms with van der Waals surface area (Å²) in [5.74, 6) is -4.37. The van der Waals surface area contributed by atoms with Gasteiger partial charge in [-0.15, -0.1) is 0 Å². The number of rotatable bonds is 7. The SMILES string of the molecule is C=CC1=C(C)C2=NC1=CC1=NC(=CC3=C(C)C(=C([O-])[O-])C(=N3)C(CC(=O)O)=C3NC(=C2)[C@@H](C)[C@@H]3CCC(=O)O)C(CC)=C1C.[Cu+2]. The third kappa shape index (κ3) is 5.98. The molecule has 0 spiro atoms. The molecule has 237 valence electrons. The van der Waals surface area contributed by atoms with Gasteiger partial charge in [0, 0.05) is 40.8 Å². The van der Waals surface area contributed by atoms with Gasteiger partial charge in [-0.25, -0.2) is 15.0 Å². The molecule has 0 amide bonds. The number of hydrogen-bond acceptors (Lipinski definition) is 8. The monoisotopic (exact) mass is 657 g/mol. The molecule has 0 aromatic rings.